The molecular weight excluding hydrogens is 164 g/mol. The summed E-state index contributed by atoms with van der Waals surface area (Å²) in [4.78, 5) is 10.5. The first-order valence-electron chi connectivity index (χ1n) is 3.68. The van der Waals surface area contributed by atoms with Gasteiger partial charge in [0.05, 0.1) is 5.38 Å². The second-order valence-corrected chi connectivity index (χ2v) is 3.19. The molecule has 1 aliphatic rings. The van der Waals surface area contributed by atoms with Crippen LogP contribution in [0.1, 0.15) is 19.8 Å². The third-order valence-electron chi connectivity index (χ3n) is 1.58. The van der Waals surface area contributed by atoms with Gasteiger partial charge in [-0.1, -0.05) is 6.08 Å². The minimum atomic E-state index is -0.229. The van der Waals surface area contributed by atoms with Gasteiger partial charge in [-0.3, -0.25) is 4.79 Å². The first kappa shape index (κ1) is 8.60. The van der Waals surface area contributed by atoms with Crippen LogP contribution in [0.25, 0.3) is 0 Å². The average molecular weight is 175 g/mol. The molecule has 0 bridgehead atoms. The highest BCUT2D eigenvalue weighted by atomic mass is 35.5. The van der Waals surface area contributed by atoms with Crippen molar-refractivity contribution in [3.05, 3.63) is 12.2 Å². The van der Waals surface area contributed by atoms with Crippen molar-refractivity contribution in [1.82, 2.24) is 0 Å². The predicted octanol–water partition coefficient (Wildman–Crippen LogP) is 1.88. The Bertz CT molecular complexity index is 177. The van der Waals surface area contributed by atoms with Crippen LogP contribution in [0.4, 0.5) is 0 Å². The van der Waals surface area contributed by atoms with Gasteiger partial charge in [0.2, 0.25) is 0 Å². The number of ether oxygens (including phenoxy) is 1. The number of carbonyl (C=O) groups is 1. The average Bonchev–Trinajstić information content (AvgIpc) is 1.93. The molecule has 0 radical (unpaired) electrons. The quantitative estimate of drug-likeness (QED) is 0.345. The van der Waals surface area contributed by atoms with Crippen LogP contribution < -0.4 is 0 Å². The molecule has 0 N–H and O–H groups in total. The fourth-order valence-corrected chi connectivity index (χ4v) is 1.28. The van der Waals surface area contributed by atoms with E-state index in [-0.39, 0.29) is 17.5 Å². The molecule has 0 aromatic carbocycles. The molecule has 0 heterocycles. The van der Waals surface area contributed by atoms with E-state index in [1.54, 1.807) is 0 Å². The highest BCUT2D eigenvalue weighted by molar-refractivity contribution is 6.21. The lowest BCUT2D eigenvalue weighted by molar-refractivity contribution is -0.144. The summed E-state index contributed by atoms with van der Waals surface area (Å²) in [7, 11) is 0. The van der Waals surface area contributed by atoms with E-state index in [0.717, 1.165) is 12.8 Å². The standard InChI is InChI=1S/C8H11ClO2/c1-6(10)11-8-4-2-7(9)3-5-8/h2,4,7-8H,3,5H2,1H3/t7?,8-/m0/s1. The van der Waals surface area contributed by atoms with Crippen LogP contribution in [0.2, 0.25) is 0 Å². The maximum Gasteiger partial charge on any atom is 0.303 e. The largest absolute Gasteiger partial charge is 0.458 e. The van der Waals surface area contributed by atoms with Gasteiger partial charge in [-0.25, -0.2) is 0 Å². The normalized spacial score (nSPS) is 30.0. The Morgan fingerprint density at radius 3 is 2.73 bits per heavy atom. The van der Waals surface area contributed by atoms with Gasteiger partial charge in [-0.05, 0) is 18.9 Å². The first-order chi connectivity index (χ1) is 5.18. The molecule has 0 saturated heterocycles. The summed E-state index contributed by atoms with van der Waals surface area (Å²) in [6.45, 7) is 1.42. The Hall–Kier alpha value is -0.500. The lowest BCUT2D eigenvalue weighted by Crippen LogP contribution is -2.18. The van der Waals surface area contributed by atoms with Gasteiger partial charge in [0.25, 0.3) is 0 Å². The Kier molecular flexibility index (Phi) is 2.94. The third kappa shape index (κ3) is 2.93. The molecule has 0 aromatic rings. The Morgan fingerprint density at radius 1 is 1.55 bits per heavy atom. The number of hydrogen-bond acceptors (Lipinski definition) is 2. The van der Waals surface area contributed by atoms with Crippen LogP contribution in [0, 0.1) is 0 Å². The fourth-order valence-electron chi connectivity index (χ4n) is 1.07. The van der Waals surface area contributed by atoms with Crippen molar-refractivity contribution in [1.29, 1.82) is 0 Å². The Balaban J connectivity index is 2.38. The summed E-state index contributed by atoms with van der Waals surface area (Å²) in [5.41, 5.74) is 0. The monoisotopic (exact) mass is 174 g/mol. The van der Waals surface area contributed by atoms with Crippen molar-refractivity contribution in [3.8, 4) is 0 Å². The molecule has 2 atom stereocenters. The van der Waals surface area contributed by atoms with Gasteiger partial charge in [-0.15, -0.1) is 11.6 Å². The van der Waals surface area contributed by atoms with E-state index in [2.05, 4.69) is 0 Å². The summed E-state index contributed by atoms with van der Waals surface area (Å²) >= 11 is 5.79. The van der Waals surface area contributed by atoms with Crippen LogP contribution in [0.15, 0.2) is 12.2 Å². The van der Waals surface area contributed by atoms with E-state index in [9.17, 15) is 4.79 Å². The number of halogens is 1. The second-order valence-electron chi connectivity index (χ2n) is 2.63. The molecule has 11 heavy (non-hydrogen) atoms. The SMILES string of the molecule is CC(=O)O[C@H]1C=CC(Cl)CC1. The minimum Gasteiger partial charge on any atom is -0.458 e. The molecule has 0 amide bonds. The zero-order chi connectivity index (χ0) is 8.27. The van der Waals surface area contributed by atoms with Crippen LogP contribution in [-0.2, 0) is 9.53 Å². The van der Waals surface area contributed by atoms with Crippen LogP contribution in [-0.4, -0.2) is 17.5 Å². The van der Waals surface area contributed by atoms with Gasteiger partial charge in [-0.2, -0.15) is 0 Å². The molecular formula is C8H11ClO2. The number of allylic oxidation sites excluding steroid dienone is 1. The summed E-state index contributed by atoms with van der Waals surface area (Å²) < 4.78 is 4.96. The number of carbonyl (C=O) groups excluding carboxylic acids is 1. The molecule has 0 aromatic heterocycles. The smallest absolute Gasteiger partial charge is 0.303 e. The zero-order valence-corrected chi connectivity index (χ0v) is 7.17. The molecule has 1 rings (SSSR count). The van der Waals surface area contributed by atoms with Gasteiger partial charge >= 0.3 is 5.97 Å². The molecule has 62 valence electrons. The van der Waals surface area contributed by atoms with E-state index >= 15 is 0 Å². The molecule has 3 heteroatoms. The van der Waals surface area contributed by atoms with E-state index < -0.39 is 0 Å². The van der Waals surface area contributed by atoms with Crippen molar-refractivity contribution in [2.45, 2.75) is 31.2 Å². The van der Waals surface area contributed by atoms with E-state index in [4.69, 9.17) is 16.3 Å². The molecule has 1 unspecified atom stereocenters. The highest BCUT2D eigenvalue weighted by Gasteiger charge is 2.15. The fraction of sp³-hybridized carbons (Fsp3) is 0.625. The Morgan fingerprint density at radius 2 is 2.27 bits per heavy atom. The molecule has 2 nitrogen and oxygen atoms in total. The summed E-state index contributed by atoms with van der Waals surface area (Å²) in [5, 5.41) is 0.113. The highest BCUT2D eigenvalue weighted by Crippen LogP contribution is 2.18. The van der Waals surface area contributed by atoms with Crippen LogP contribution in [0.5, 0.6) is 0 Å². The molecule has 0 saturated carbocycles. The van der Waals surface area contributed by atoms with Gasteiger partial charge in [0.1, 0.15) is 6.10 Å². The van der Waals surface area contributed by atoms with E-state index in [1.165, 1.54) is 6.92 Å². The van der Waals surface area contributed by atoms with Crippen molar-refractivity contribution in [2.24, 2.45) is 0 Å². The first-order valence-corrected chi connectivity index (χ1v) is 4.12. The summed E-state index contributed by atoms with van der Waals surface area (Å²) in [6.07, 6.45) is 5.39. The zero-order valence-electron chi connectivity index (χ0n) is 6.42. The summed E-state index contributed by atoms with van der Waals surface area (Å²) in [6, 6.07) is 0. The van der Waals surface area contributed by atoms with Crippen molar-refractivity contribution in [3.63, 3.8) is 0 Å². The van der Waals surface area contributed by atoms with Crippen molar-refractivity contribution >= 4 is 17.6 Å². The number of rotatable bonds is 1. The molecule has 0 fully saturated rings. The van der Waals surface area contributed by atoms with Gasteiger partial charge < -0.3 is 4.74 Å². The number of alkyl halides is 1. The number of hydrogen-bond donors (Lipinski definition) is 0. The minimum absolute atomic E-state index is 0.0532. The predicted molar refractivity (Wildman–Crippen MR) is 43.6 cm³/mol. The third-order valence-corrected chi connectivity index (χ3v) is 1.94. The lowest BCUT2D eigenvalue weighted by atomic mass is 10.1. The van der Waals surface area contributed by atoms with Crippen LogP contribution in [0.3, 0.4) is 0 Å². The van der Waals surface area contributed by atoms with E-state index in [0.29, 0.717) is 0 Å². The molecule has 0 aliphatic heterocycles. The number of esters is 1. The van der Waals surface area contributed by atoms with Crippen molar-refractivity contribution < 1.29 is 9.53 Å². The van der Waals surface area contributed by atoms with Crippen molar-refractivity contribution in [2.75, 3.05) is 0 Å². The van der Waals surface area contributed by atoms with Crippen LogP contribution >= 0.6 is 11.6 Å². The molecule has 1 aliphatic carbocycles. The second kappa shape index (κ2) is 3.77. The Labute approximate surface area is 71.2 Å². The summed E-state index contributed by atoms with van der Waals surface area (Å²) in [5.74, 6) is -0.229. The maximum absolute atomic E-state index is 10.5. The van der Waals surface area contributed by atoms with Gasteiger partial charge in [0.15, 0.2) is 0 Å². The molecule has 0 spiro atoms. The lowest BCUT2D eigenvalue weighted by Gasteiger charge is -2.18. The maximum atomic E-state index is 10.5. The van der Waals surface area contributed by atoms with E-state index in [1.807, 2.05) is 12.2 Å². The topological polar surface area (TPSA) is 26.3 Å². The van der Waals surface area contributed by atoms with Gasteiger partial charge in [0, 0.05) is 6.92 Å².